The summed E-state index contributed by atoms with van der Waals surface area (Å²) in [5.41, 5.74) is 5.49. The van der Waals surface area contributed by atoms with Crippen LogP contribution in [0.15, 0.2) is 18.6 Å². The third kappa shape index (κ3) is 3.30. The zero-order valence-corrected chi connectivity index (χ0v) is 8.69. The molecule has 4 heteroatoms. The molecule has 4 nitrogen and oxygen atoms in total. The molecule has 14 heavy (non-hydrogen) atoms. The average molecular weight is 194 g/mol. The summed E-state index contributed by atoms with van der Waals surface area (Å²) in [6.45, 7) is 4.86. The molecule has 2 N–H and O–H groups in total. The van der Waals surface area contributed by atoms with Crippen LogP contribution in [0.5, 0.6) is 0 Å². The van der Waals surface area contributed by atoms with Gasteiger partial charge in [-0.05, 0) is 19.4 Å². The molecule has 0 amide bonds. The molecule has 0 bridgehead atoms. The van der Waals surface area contributed by atoms with Crippen LogP contribution in [0.1, 0.15) is 19.8 Å². The van der Waals surface area contributed by atoms with Gasteiger partial charge in [-0.3, -0.25) is 4.98 Å². The van der Waals surface area contributed by atoms with Crippen molar-refractivity contribution in [2.24, 2.45) is 5.73 Å². The van der Waals surface area contributed by atoms with Crippen LogP contribution in [0.4, 0.5) is 5.82 Å². The van der Waals surface area contributed by atoms with Crippen LogP contribution >= 0.6 is 0 Å². The van der Waals surface area contributed by atoms with E-state index in [1.165, 1.54) is 0 Å². The second-order valence-corrected chi connectivity index (χ2v) is 3.19. The molecule has 0 aliphatic rings. The molecule has 0 saturated heterocycles. The van der Waals surface area contributed by atoms with Gasteiger partial charge >= 0.3 is 0 Å². The number of nitrogens with zero attached hydrogens (tertiary/aromatic N) is 3. The molecule has 0 aromatic carbocycles. The van der Waals surface area contributed by atoms with Crippen LogP contribution in [0.3, 0.4) is 0 Å². The number of hydrogen-bond donors (Lipinski definition) is 1. The molecule has 1 aromatic heterocycles. The lowest BCUT2D eigenvalue weighted by atomic mass is 10.3. The van der Waals surface area contributed by atoms with Crippen molar-refractivity contribution in [1.82, 2.24) is 9.97 Å². The molecule has 0 spiro atoms. The Labute approximate surface area is 85.2 Å². The second-order valence-electron chi connectivity index (χ2n) is 3.19. The fraction of sp³-hybridized carbons (Fsp3) is 0.600. The molecular formula is C10H18N4. The molecule has 0 radical (unpaired) electrons. The van der Waals surface area contributed by atoms with Gasteiger partial charge in [-0.15, -0.1) is 0 Å². The predicted molar refractivity (Wildman–Crippen MR) is 58.2 cm³/mol. The maximum absolute atomic E-state index is 5.49. The summed E-state index contributed by atoms with van der Waals surface area (Å²) in [4.78, 5) is 10.6. The normalized spacial score (nSPS) is 10.1. The Kier molecular flexibility index (Phi) is 4.93. The first-order valence-electron chi connectivity index (χ1n) is 5.09. The van der Waals surface area contributed by atoms with Crippen LogP contribution in [-0.4, -0.2) is 29.6 Å². The molecule has 78 valence electrons. The third-order valence-electron chi connectivity index (χ3n) is 2.00. The molecule has 1 rings (SSSR count). The fourth-order valence-corrected chi connectivity index (χ4v) is 1.35. The van der Waals surface area contributed by atoms with Gasteiger partial charge in [0.25, 0.3) is 0 Å². The number of hydrogen-bond acceptors (Lipinski definition) is 4. The number of rotatable bonds is 6. The van der Waals surface area contributed by atoms with Crippen LogP contribution < -0.4 is 10.6 Å². The van der Waals surface area contributed by atoms with Crippen molar-refractivity contribution in [2.75, 3.05) is 24.5 Å². The van der Waals surface area contributed by atoms with Crippen molar-refractivity contribution < 1.29 is 0 Å². The van der Waals surface area contributed by atoms with Gasteiger partial charge in [-0.25, -0.2) is 4.98 Å². The van der Waals surface area contributed by atoms with Crippen LogP contribution in [-0.2, 0) is 0 Å². The van der Waals surface area contributed by atoms with E-state index < -0.39 is 0 Å². The Balaban J connectivity index is 2.58. The van der Waals surface area contributed by atoms with Gasteiger partial charge < -0.3 is 10.6 Å². The quantitative estimate of drug-likeness (QED) is 0.735. The summed E-state index contributed by atoms with van der Waals surface area (Å²) >= 11 is 0. The van der Waals surface area contributed by atoms with Crippen molar-refractivity contribution in [3.05, 3.63) is 18.6 Å². The van der Waals surface area contributed by atoms with Crippen LogP contribution in [0, 0.1) is 0 Å². The predicted octanol–water partition coefficient (Wildman–Crippen LogP) is 1.04. The van der Waals surface area contributed by atoms with Crippen molar-refractivity contribution in [1.29, 1.82) is 0 Å². The van der Waals surface area contributed by atoms with E-state index in [4.69, 9.17) is 5.73 Å². The van der Waals surface area contributed by atoms with Gasteiger partial charge in [0, 0.05) is 25.5 Å². The minimum Gasteiger partial charge on any atom is -0.355 e. The van der Waals surface area contributed by atoms with Gasteiger partial charge in [0.15, 0.2) is 0 Å². The number of aromatic nitrogens is 2. The van der Waals surface area contributed by atoms with Crippen molar-refractivity contribution >= 4 is 5.82 Å². The van der Waals surface area contributed by atoms with E-state index in [-0.39, 0.29) is 0 Å². The first-order valence-corrected chi connectivity index (χ1v) is 5.09. The monoisotopic (exact) mass is 194 g/mol. The Morgan fingerprint density at radius 3 is 2.79 bits per heavy atom. The maximum atomic E-state index is 5.49. The topological polar surface area (TPSA) is 55.0 Å². The van der Waals surface area contributed by atoms with E-state index in [2.05, 4.69) is 21.8 Å². The van der Waals surface area contributed by atoms with Crippen molar-refractivity contribution in [2.45, 2.75) is 19.8 Å². The highest BCUT2D eigenvalue weighted by atomic mass is 15.2. The summed E-state index contributed by atoms with van der Waals surface area (Å²) in [6.07, 6.45) is 7.32. The van der Waals surface area contributed by atoms with Gasteiger partial charge in [0.1, 0.15) is 5.82 Å². The Morgan fingerprint density at radius 1 is 1.36 bits per heavy atom. The molecule has 0 aliphatic carbocycles. The van der Waals surface area contributed by atoms with E-state index in [0.29, 0.717) is 0 Å². The number of anilines is 1. The lowest BCUT2D eigenvalue weighted by molar-refractivity contribution is 0.710. The summed E-state index contributed by atoms with van der Waals surface area (Å²) in [5.74, 6) is 0.947. The number of nitrogens with two attached hydrogens (primary N) is 1. The Bertz CT molecular complexity index is 237. The Hall–Kier alpha value is -1.16. The Morgan fingerprint density at radius 2 is 2.21 bits per heavy atom. The minimum absolute atomic E-state index is 0.723. The fourth-order valence-electron chi connectivity index (χ4n) is 1.35. The van der Waals surface area contributed by atoms with E-state index in [9.17, 15) is 0 Å². The highest BCUT2D eigenvalue weighted by molar-refractivity contribution is 5.34. The van der Waals surface area contributed by atoms with Gasteiger partial charge in [-0.2, -0.15) is 0 Å². The highest BCUT2D eigenvalue weighted by Gasteiger charge is 2.05. The van der Waals surface area contributed by atoms with Gasteiger partial charge in [0.05, 0.1) is 6.20 Å². The smallest absolute Gasteiger partial charge is 0.147 e. The SMILES string of the molecule is CCCN(CCCN)c1cnccn1. The third-order valence-corrected chi connectivity index (χ3v) is 2.00. The molecule has 0 fully saturated rings. The molecule has 1 aromatic rings. The molecular weight excluding hydrogens is 176 g/mol. The minimum atomic E-state index is 0.723. The lowest BCUT2D eigenvalue weighted by Crippen LogP contribution is -2.27. The van der Waals surface area contributed by atoms with E-state index >= 15 is 0 Å². The van der Waals surface area contributed by atoms with Crippen LogP contribution in [0.2, 0.25) is 0 Å². The molecule has 1 heterocycles. The van der Waals surface area contributed by atoms with E-state index in [0.717, 1.165) is 38.3 Å². The molecule has 0 aliphatic heterocycles. The van der Waals surface area contributed by atoms with E-state index in [1.807, 2.05) is 0 Å². The maximum Gasteiger partial charge on any atom is 0.147 e. The zero-order chi connectivity index (χ0) is 10.2. The first kappa shape index (κ1) is 10.9. The largest absolute Gasteiger partial charge is 0.355 e. The molecule has 0 atom stereocenters. The average Bonchev–Trinajstić information content (AvgIpc) is 2.25. The van der Waals surface area contributed by atoms with E-state index in [1.54, 1.807) is 18.6 Å². The van der Waals surface area contributed by atoms with Gasteiger partial charge in [0.2, 0.25) is 0 Å². The summed E-state index contributed by atoms with van der Waals surface area (Å²) in [5, 5.41) is 0. The second kappa shape index (κ2) is 6.32. The summed E-state index contributed by atoms with van der Waals surface area (Å²) < 4.78 is 0. The first-order chi connectivity index (χ1) is 6.88. The molecule has 0 saturated carbocycles. The van der Waals surface area contributed by atoms with Crippen molar-refractivity contribution in [3.8, 4) is 0 Å². The van der Waals surface area contributed by atoms with Gasteiger partial charge in [-0.1, -0.05) is 6.92 Å². The highest BCUT2D eigenvalue weighted by Crippen LogP contribution is 2.08. The summed E-state index contributed by atoms with van der Waals surface area (Å²) in [6, 6.07) is 0. The van der Waals surface area contributed by atoms with Crippen LogP contribution in [0.25, 0.3) is 0 Å². The summed E-state index contributed by atoms with van der Waals surface area (Å²) in [7, 11) is 0. The van der Waals surface area contributed by atoms with Crippen molar-refractivity contribution in [3.63, 3.8) is 0 Å². The molecule has 0 unspecified atom stereocenters. The lowest BCUT2D eigenvalue weighted by Gasteiger charge is -2.22. The zero-order valence-electron chi connectivity index (χ0n) is 8.69. The standard InChI is InChI=1S/C10H18N4/c1-2-7-14(8-3-4-11)10-9-12-5-6-13-10/h5-6,9H,2-4,7-8,11H2,1H3.